The fourth-order valence-electron chi connectivity index (χ4n) is 2.35. The van der Waals surface area contributed by atoms with E-state index >= 15 is 0 Å². The average molecular weight is 221 g/mol. The zero-order chi connectivity index (χ0) is 10.7. The Bertz CT molecular complexity index is 208. The van der Waals surface area contributed by atoms with Gasteiger partial charge in [-0.25, -0.2) is 8.78 Å². The van der Waals surface area contributed by atoms with E-state index in [1.165, 1.54) is 0 Å². The van der Waals surface area contributed by atoms with E-state index in [0.717, 1.165) is 32.4 Å². The first-order chi connectivity index (χ1) is 7.20. The van der Waals surface area contributed by atoms with Gasteiger partial charge in [0.1, 0.15) is 6.61 Å². The Morgan fingerprint density at radius 3 is 2.80 bits per heavy atom. The van der Waals surface area contributed by atoms with Gasteiger partial charge >= 0.3 is 0 Å². The van der Waals surface area contributed by atoms with Gasteiger partial charge in [0.2, 0.25) is 0 Å². The minimum Gasteiger partial charge on any atom is -0.372 e. The average Bonchev–Trinajstić information content (AvgIpc) is 2.60. The first kappa shape index (κ1) is 11.2. The summed E-state index contributed by atoms with van der Waals surface area (Å²) in [6, 6.07) is 0. The van der Waals surface area contributed by atoms with Crippen molar-refractivity contribution in [2.45, 2.75) is 37.4 Å². The number of hydrogen-bond donors (Lipinski definition) is 1. The molecule has 0 aromatic heterocycles. The number of ether oxygens (including phenoxy) is 2. The Balaban J connectivity index is 1.78. The highest BCUT2D eigenvalue weighted by Crippen LogP contribution is 2.35. The summed E-state index contributed by atoms with van der Waals surface area (Å²) in [5.41, 5.74) is -0.0992. The lowest BCUT2D eigenvalue weighted by Gasteiger charge is -2.32. The second-order valence-corrected chi connectivity index (χ2v) is 4.29. The van der Waals surface area contributed by atoms with E-state index < -0.39 is 13.0 Å². The molecule has 1 unspecified atom stereocenters. The summed E-state index contributed by atoms with van der Waals surface area (Å²) in [5, 5.41) is 3.26. The highest BCUT2D eigenvalue weighted by molar-refractivity contribution is 4.93. The first-order valence-electron chi connectivity index (χ1n) is 5.45. The number of hydrogen-bond acceptors (Lipinski definition) is 3. The van der Waals surface area contributed by atoms with E-state index in [1.54, 1.807) is 0 Å². The maximum Gasteiger partial charge on any atom is 0.261 e. The summed E-state index contributed by atoms with van der Waals surface area (Å²) >= 11 is 0. The SMILES string of the molecule is FC(F)COC1COC2(CCNCC2)C1. The van der Waals surface area contributed by atoms with Crippen molar-refractivity contribution in [3.63, 3.8) is 0 Å². The molecule has 88 valence electrons. The van der Waals surface area contributed by atoms with Crippen molar-refractivity contribution in [3.8, 4) is 0 Å². The lowest BCUT2D eigenvalue weighted by molar-refractivity contribution is -0.0353. The van der Waals surface area contributed by atoms with E-state index in [0.29, 0.717) is 6.61 Å². The predicted octanol–water partition coefficient (Wildman–Crippen LogP) is 1.18. The Labute approximate surface area is 88.1 Å². The van der Waals surface area contributed by atoms with Crippen LogP contribution in [0.4, 0.5) is 8.78 Å². The van der Waals surface area contributed by atoms with Crippen molar-refractivity contribution in [2.75, 3.05) is 26.3 Å². The molecule has 1 atom stereocenters. The van der Waals surface area contributed by atoms with Gasteiger partial charge < -0.3 is 14.8 Å². The maximum atomic E-state index is 11.9. The van der Waals surface area contributed by atoms with Crippen LogP contribution in [0.2, 0.25) is 0 Å². The van der Waals surface area contributed by atoms with Crippen LogP contribution in [0.5, 0.6) is 0 Å². The highest BCUT2D eigenvalue weighted by Gasteiger charge is 2.41. The number of alkyl halides is 2. The third-order valence-corrected chi connectivity index (χ3v) is 3.15. The molecule has 0 amide bonds. The maximum absolute atomic E-state index is 11.9. The Morgan fingerprint density at radius 1 is 1.40 bits per heavy atom. The second kappa shape index (κ2) is 4.72. The van der Waals surface area contributed by atoms with Crippen molar-refractivity contribution in [1.29, 1.82) is 0 Å². The normalized spacial score (nSPS) is 30.2. The molecular formula is C10H17F2NO2. The van der Waals surface area contributed by atoms with Crippen LogP contribution in [0.15, 0.2) is 0 Å². The minimum absolute atomic E-state index is 0.0992. The molecule has 0 saturated carbocycles. The van der Waals surface area contributed by atoms with Crippen molar-refractivity contribution in [1.82, 2.24) is 5.32 Å². The van der Waals surface area contributed by atoms with Crippen molar-refractivity contribution < 1.29 is 18.3 Å². The third-order valence-electron chi connectivity index (χ3n) is 3.15. The predicted molar refractivity (Wildman–Crippen MR) is 51.1 cm³/mol. The topological polar surface area (TPSA) is 30.5 Å². The summed E-state index contributed by atoms with van der Waals surface area (Å²) in [4.78, 5) is 0. The molecule has 2 aliphatic rings. The molecule has 0 aromatic rings. The van der Waals surface area contributed by atoms with Gasteiger partial charge in [-0.05, 0) is 25.9 Å². The molecule has 2 rings (SSSR count). The van der Waals surface area contributed by atoms with Crippen LogP contribution >= 0.6 is 0 Å². The van der Waals surface area contributed by atoms with Gasteiger partial charge in [-0.1, -0.05) is 0 Å². The minimum atomic E-state index is -2.38. The molecule has 2 aliphatic heterocycles. The summed E-state index contributed by atoms with van der Waals surface area (Å²) < 4.78 is 34.7. The van der Waals surface area contributed by atoms with Gasteiger partial charge in [-0.2, -0.15) is 0 Å². The quantitative estimate of drug-likeness (QED) is 0.776. The van der Waals surface area contributed by atoms with Gasteiger partial charge in [0.05, 0.1) is 18.3 Å². The zero-order valence-electron chi connectivity index (χ0n) is 8.68. The lowest BCUT2D eigenvalue weighted by Crippen LogP contribution is -2.41. The Morgan fingerprint density at radius 2 is 2.13 bits per heavy atom. The molecule has 0 bridgehead atoms. The molecule has 3 nitrogen and oxygen atoms in total. The highest BCUT2D eigenvalue weighted by atomic mass is 19.3. The summed E-state index contributed by atoms with van der Waals surface area (Å²) in [6.45, 7) is 1.89. The Hall–Kier alpha value is -0.260. The molecule has 2 fully saturated rings. The van der Waals surface area contributed by atoms with E-state index in [-0.39, 0.29) is 11.7 Å². The van der Waals surface area contributed by atoms with Gasteiger partial charge in [0, 0.05) is 6.42 Å². The molecule has 0 aliphatic carbocycles. The van der Waals surface area contributed by atoms with Crippen LogP contribution in [-0.2, 0) is 9.47 Å². The smallest absolute Gasteiger partial charge is 0.261 e. The number of halogens is 2. The fourth-order valence-corrected chi connectivity index (χ4v) is 2.35. The molecule has 1 N–H and O–H groups in total. The molecule has 2 saturated heterocycles. The largest absolute Gasteiger partial charge is 0.372 e. The first-order valence-corrected chi connectivity index (χ1v) is 5.45. The zero-order valence-corrected chi connectivity index (χ0v) is 8.68. The van der Waals surface area contributed by atoms with Crippen molar-refractivity contribution >= 4 is 0 Å². The molecule has 0 radical (unpaired) electrons. The fraction of sp³-hybridized carbons (Fsp3) is 1.00. The summed E-state index contributed by atoms with van der Waals surface area (Å²) in [7, 11) is 0. The number of rotatable bonds is 3. The van der Waals surface area contributed by atoms with Gasteiger partial charge in [-0.15, -0.1) is 0 Å². The van der Waals surface area contributed by atoms with Crippen LogP contribution < -0.4 is 5.32 Å². The van der Waals surface area contributed by atoms with Gasteiger partial charge in [0.25, 0.3) is 6.43 Å². The summed E-state index contributed by atoms with van der Waals surface area (Å²) in [5.74, 6) is 0. The van der Waals surface area contributed by atoms with Crippen molar-refractivity contribution in [3.05, 3.63) is 0 Å². The van der Waals surface area contributed by atoms with Crippen LogP contribution in [0.3, 0.4) is 0 Å². The Kier molecular flexibility index (Phi) is 3.53. The molecular weight excluding hydrogens is 204 g/mol. The van der Waals surface area contributed by atoms with Crippen LogP contribution in [0.25, 0.3) is 0 Å². The standard InChI is InChI=1S/C10H17F2NO2/c11-9(12)7-14-8-5-10(15-6-8)1-3-13-4-2-10/h8-9,13H,1-7H2. The molecule has 15 heavy (non-hydrogen) atoms. The van der Waals surface area contributed by atoms with E-state index in [9.17, 15) is 8.78 Å². The summed E-state index contributed by atoms with van der Waals surface area (Å²) in [6.07, 6.45) is 0.163. The lowest BCUT2D eigenvalue weighted by atomic mass is 9.89. The number of nitrogens with one attached hydrogen (secondary N) is 1. The van der Waals surface area contributed by atoms with E-state index in [1.807, 2.05) is 0 Å². The van der Waals surface area contributed by atoms with Gasteiger partial charge in [0.15, 0.2) is 0 Å². The van der Waals surface area contributed by atoms with Crippen LogP contribution in [-0.4, -0.2) is 44.4 Å². The van der Waals surface area contributed by atoms with Crippen molar-refractivity contribution in [2.24, 2.45) is 0 Å². The molecule has 1 spiro atoms. The second-order valence-electron chi connectivity index (χ2n) is 4.29. The van der Waals surface area contributed by atoms with Crippen LogP contribution in [0.1, 0.15) is 19.3 Å². The van der Waals surface area contributed by atoms with E-state index in [2.05, 4.69) is 5.32 Å². The van der Waals surface area contributed by atoms with Gasteiger partial charge in [-0.3, -0.25) is 0 Å². The van der Waals surface area contributed by atoms with Crippen LogP contribution in [0, 0.1) is 0 Å². The van der Waals surface area contributed by atoms with E-state index in [4.69, 9.17) is 9.47 Å². The number of piperidine rings is 1. The molecule has 0 aromatic carbocycles. The third kappa shape index (κ3) is 2.86. The monoisotopic (exact) mass is 221 g/mol. The molecule has 5 heteroatoms. The molecule has 2 heterocycles.